The fourth-order valence-electron chi connectivity index (χ4n) is 1.81. The molecule has 16 heavy (non-hydrogen) atoms. The highest BCUT2D eigenvalue weighted by molar-refractivity contribution is 5.74. The van der Waals surface area contributed by atoms with Gasteiger partial charge in [0.25, 0.3) is 0 Å². The second-order valence-electron chi connectivity index (χ2n) is 4.10. The van der Waals surface area contributed by atoms with E-state index in [1.54, 1.807) is 0 Å². The molecular formula is C12H22O4. The van der Waals surface area contributed by atoms with Crippen LogP contribution in [0.4, 0.5) is 0 Å². The van der Waals surface area contributed by atoms with Crippen molar-refractivity contribution in [2.24, 2.45) is 0 Å². The molecule has 1 unspecified atom stereocenters. The summed E-state index contributed by atoms with van der Waals surface area (Å²) in [6, 6.07) is 0. The van der Waals surface area contributed by atoms with Gasteiger partial charge in [-0.25, -0.2) is 4.79 Å². The summed E-state index contributed by atoms with van der Waals surface area (Å²) in [6.45, 7) is 3.56. The molecule has 4 nitrogen and oxygen atoms in total. The van der Waals surface area contributed by atoms with Crippen LogP contribution in [-0.4, -0.2) is 38.5 Å². The predicted octanol–water partition coefficient (Wildman–Crippen LogP) is 1.91. The van der Waals surface area contributed by atoms with Crippen molar-refractivity contribution in [3.8, 4) is 0 Å². The van der Waals surface area contributed by atoms with Crippen molar-refractivity contribution in [2.75, 3.05) is 20.3 Å². The highest BCUT2D eigenvalue weighted by Crippen LogP contribution is 2.16. The predicted molar refractivity (Wildman–Crippen MR) is 60.3 cm³/mol. The van der Waals surface area contributed by atoms with E-state index in [9.17, 15) is 4.79 Å². The molecule has 0 aromatic rings. The first-order valence-electron chi connectivity index (χ1n) is 6.09. The van der Waals surface area contributed by atoms with E-state index in [0.717, 1.165) is 45.3 Å². The van der Waals surface area contributed by atoms with Crippen LogP contribution in [0.3, 0.4) is 0 Å². The molecule has 0 spiro atoms. The quantitative estimate of drug-likeness (QED) is 0.654. The number of carbonyl (C=O) groups is 1. The van der Waals surface area contributed by atoms with Gasteiger partial charge in [0.1, 0.15) is 0 Å². The van der Waals surface area contributed by atoms with Gasteiger partial charge in [-0.15, -0.1) is 0 Å². The number of rotatable bonds is 6. The van der Waals surface area contributed by atoms with Gasteiger partial charge in [0.05, 0.1) is 13.2 Å². The largest absolute Gasteiger partial charge is 0.467 e. The number of unbranched alkanes of at least 4 members (excludes halogenated alkanes) is 1. The molecule has 0 aromatic heterocycles. The van der Waals surface area contributed by atoms with Crippen LogP contribution >= 0.6 is 0 Å². The van der Waals surface area contributed by atoms with E-state index in [-0.39, 0.29) is 12.1 Å². The highest BCUT2D eigenvalue weighted by atomic mass is 16.6. The monoisotopic (exact) mass is 230 g/mol. The number of carbonyl (C=O) groups excluding carboxylic acids is 1. The van der Waals surface area contributed by atoms with E-state index in [1.165, 1.54) is 7.11 Å². The van der Waals surface area contributed by atoms with Gasteiger partial charge in [-0.2, -0.15) is 0 Å². The number of hydrogen-bond acceptors (Lipinski definition) is 4. The second kappa shape index (κ2) is 7.63. The summed E-state index contributed by atoms with van der Waals surface area (Å²) in [6.07, 6.45) is 4.30. The van der Waals surface area contributed by atoms with Crippen LogP contribution in [0.5, 0.6) is 0 Å². The highest BCUT2D eigenvalue weighted by Gasteiger charge is 2.25. The van der Waals surface area contributed by atoms with Crippen LogP contribution in [0, 0.1) is 0 Å². The van der Waals surface area contributed by atoms with Crippen LogP contribution in [0.1, 0.15) is 39.0 Å². The maximum atomic E-state index is 11.5. The molecule has 1 aliphatic rings. The minimum Gasteiger partial charge on any atom is -0.467 e. The Morgan fingerprint density at radius 3 is 2.69 bits per heavy atom. The minimum absolute atomic E-state index is 0.148. The zero-order valence-electron chi connectivity index (χ0n) is 10.2. The van der Waals surface area contributed by atoms with E-state index in [4.69, 9.17) is 14.2 Å². The number of esters is 1. The van der Waals surface area contributed by atoms with Crippen molar-refractivity contribution in [3.05, 3.63) is 0 Å². The van der Waals surface area contributed by atoms with Crippen molar-refractivity contribution in [2.45, 2.75) is 51.2 Å². The Labute approximate surface area is 97.2 Å². The molecule has 1 rings (SSSR count). The third-order valence-corrected chi connectivity index (χ3v) is 2.81. The van der Waals surface area contributed by atoms with Gasteiger partial charge in [0.15, 0.2) is 6.10 Å². The molecule has 94 valence electrons. The summed E-state index contributed by atoms with van der Waals surface area (Å²) < 4.78 is 15.8. The smallest absolute Gasteiger partial charge is 0.334 e. The number of methoxy groups -OCH3 is 1. The summed E-state index contributed by atoms with van der Waals surface area (Å²) in [5.74, 6) is -0.250. The first-order chi connectivity index (χ1) is 7.77. The van der Waals surface area contributed by atoms with Crippen LogP contribution in [0.2, 0.25) is 0 Å². The van der Waals surface area contributed by atoms with Gasteiger partial charge in [0.2, 0.25) is 0 Å². The molecule has 0 aromatic carbocycles. The van der Waals surface area contributed by atoms with Crippen LogP contribution < -0.4 is 0 Å². The third-order valence-electron chi connectivity index (χ3n) is 2.81. The molecule has 1 atom stereocenters. The summed E-state index contributed by atoms with van der Waals surface area (Å²) in [7, 11) is 1.41. The zero-order chi connectivity index (χ0) is 11.8. The normalized spacial score (nSPS) is 19.4. The van der Waals surface area contributed by atoms with Gasteiger partial charge in [-0.3, -0.25) is 0 Å². The third kappa shape index (κ3) is 4.49. The SMILES string of the molecule is CCCCC(OC1CCOCC1)C(=O)OC. The van der Waals surface area contributed by atoms with Crippen molar-refractivity contribution in [1.29, 1.82) is 0 Å². The first-order valence-corrected chi connectivity index (χ1v) is 6.09. The molecule has 1 heterocycles. The molecule has 0 amide bonds. The lowest BCUT2D eigenvalue weighted by atomic mass is 10.1. The number of ether oxygens (including phenoxy) is 3. The van der Waals surface area contributed by atoms with Crippen LogP contribution in [0.15, 0.2) is 0 Å². The van der Waals surface area contributed by atoms with E-state index in [0.29, 0.717) is 0 Å². The van der Waals surface area contributed by atoms with Crippen LogP contribution in [0.25, 0.3) is 0 Å². The lowest BCUT2D eigenvalue weighted by Gasteiger charge is -2.26. The topological polar surface area (TPSA) is 44.8 Å². The lowest BCUT2D eigenvalue weighted by molar-refractivity contribution is -0.162. The standard InChI is InChI=1S/C12H22O4/c1-3-4-5-11(12(13)14-2)16-10-6-8-15-9-7-10/h10-11H,3-9H2,1-2H3. The Balaban J connectivity index is 2.38. The fraction of sp³-hybridized carbons (Fsp3) is 0.917. The Morgan fingerprint density at radius 2 is 2.12 bits per heavy atom. The van der Waals surface area contributed by atoms with E-state index in [2.05, 4.69) is 6.92 Å². The molecular weight excluding hydrogens is 208 g/mol. The van der Waals surface area contributed by atoms with Crippen LogP contribution in [-0.2, 0) is 19.0 Å². The summed E-state index contributed by atoms with van der Waals surface area (Å²) in [4.78, 5) is 11.5. The fourth-order valence-corrected chi connectivity index (χ4v) is 1.81. The van der Waals surface area contributed by atoms with Crippen molar-refractivity contribution in [3.63, 3.8) is 0 Å². The van der Waals surface area contributed by atoms with E-state index >= 15 is 0 Å². The van der Waals surface area contributed by atoms with Gasteiger partial charge >= 0.3 is 5.97 Å². The molecule has 0 aliphatic carbocycles. The van der Waals surface area contributed by atoms with Crippen molar-refractivity contribution < 1.29 is 19.0 Å². The molecule has 1 fully saturated rings. The first kappa shape index (κ1) is 13.5. The summed E-state index contributed by atoms with van der Waals surface area (Å²) in [5.41, 5.74) is 0. The molecule has 1 saturated heterocycles. The molecule has 0 bridgehead atoms. The number of hydrogen-bond donors (Lipinski definition) is 0. The Morgan fingerprint density at radius 1 is 1.44 bits per heavy atom. The van der Waals surface area contributed by atoms with Gasteiger partial charge < -0.3 is 14.2 Å². The van der Waals surface area contributed by atoms with E-state index < -0.39 is 6.10 Å². The maximum Gasteiger partial charge on any atom is 0.334 e. The summed E-state index contributed by atoms with van der Waals surface area (Å²) >= 11 is 0. The molecule has 0 radical (unpaired) electrons. The lowest BCUT2D eigenvalue weighted by Crippen LogP contribution is -2.33. The summed E-state index contributed by atoms with van der Waals surface area (Å²) in [5, 5.41) is 0. The van der Waals surface area contributed by atoms with Gasteiger partial charge in [-0.05, 0) is 19.3 Å². The Bertz CT molecular complexity index is 199. The molecule has 0 N–H and O–H groups in total. The maximum absolute atomic E-state index is 11.5. The molecule has 1 aliphatic heterocycles. The van der Waals surface area contributed by atoms with Crippen molar-refractivity contribution >= 4 is 5.97 Å². The average Bonchev–Trinajstić information content (AvgIpc) is 2.34. The minimum atomic E-state index is -0.395. The molecule has 0 saturated carbocycles. The molecule has 4 heteroatoms. The van der Waals surface area contributed by atoms with Gasteiger partial charge in [-0.1, -0.05) is 19.8 Å². The average molecular weight is 230 g/mol. The Hall–Kier alpha value is -0.610. The Kier molecular flexibility index (Phi) is 6.42. The van der Waals surface area contributed by atoms with Crippen molar-refractivity contribution in [1.82, 2.24) is 0 Å². The van der Waals surface area contributed by atoms with Gasteiger partial charge in [0, 0.05) is 13.2 Å². The second-order valence-corrected chi connectivity index (χ2v) is 4.10. The van der Waals surface area contributed by atoms with E-state index in [1.807, 2.05) is 0 Å². The zero-order valence-corrected chi connectivity index (χ0v) is 10.2.